The lowest BCUT2D eigenvalue weighted by Gasteiger charge is -2.34. The van der Waals surface area contributed by atoms with Crippen LogP contribution in [-0.4, -0.2) is 0 Å². The second-order valence-corrected chi connectivity index (χ2v) is 15.9. The molecule has 274 valence electrons. The maximum absolute atomic E-state index is 2.54. The molecule has 0 fully saturated rings. The first-order valence-electron chi connectivity index (χ1n) is 20.6. The fourth-order valence-electron chi connectivity index (χ4n) is 10.4. The Balaban J connectivity index is 1.18. The Morgan fingerprint density at radius 2 is 0.644 bits per heavy atom. The van der Waals surface area contributed by atoms with Crippen LogP contribution in [-0.2, 0) is 5.41 Å². The molecule has 11 aromatic rings. The predicted molar refractivity (Wildman–Crippen MR) is 250 cm³/mol. The van der Waals surface area contributed by atoms with Crippen LogP contribution in [0, 0.1) is 0 Å². The van der Waals surface area contributed by atoms with Crippen LogP contribution >= 0.6 is 0 Å². The molecule has 1 aliphatic rings. The monoisotopic (exact) mass is 746 g/mol. The van der Waals surface area contributed by atoms with Crippen LogP contribution < -0.4 is 0 Å². The van der Waals surface area contributed by atoms with Gasteiger partial charge in [-0.05, 0) is 140 Å². The zero-order valence-electron chi connectivity index (χ0n) is 32.4. The Hall–Kier alpha value is -7.54. The summed E-state index contributed by atoms with van der Waals surface area (Å²) in [5, 5.41) is 10.3. The highest BCUT2D eigenvalue weighted by Gasteiger charge is 2.45. The van der Waals surface area contributed by atoms with E-state index in [0.29, 0.717) is 0 Å². The number of rotatable bonds is 6. The molecule has 0 radical (unpaired) electrons. The molecule has 12 rings (SSSR count). The van der Waals surface area contributed by atoms with Gasteiger partial charge in [0.25, 0.3) is 0 Å². The van der Waals surface area contributed by atoms with Gasteiger partial charge in [0.05, 0.1) is 5.41 Å². The molecule has 0 heterocycles. The van der Waals surface area contributed by atoms with E-state index in [0.717, 1.165) is 0 Å². The lowest BCUT2D eigenvalue weighted by Crippen LogP contribution is -2.28. The smallest absolute Gasteiger partial charge is 0.0622 e. The second-order valence-electron chi connectivity index (χ2n) is 15.9. The van der Waals surface area contributed by atoms with Gasteiger partial charge in [-0.25, -0.2) is 0 Å². The van der Waals surface area contributed by atoms with Crippen LogP contribution in [0.2, 0.25) is 0 Å². The van der Waals surface area contributed by atoms with Crippen molar-refractivity contribution in [1.82, 2.24) is 0 Å². The van der Waals surface area contributed by atoms with E-state index in [1.165, 1.54) is 110 Å². The van der Waals surface area contributed by atoms with Crippen molar-refractivity contribution in [2.45, 2.75) is 5.41 Å². The van der Waals surface area contributed by atoms with Crippen molar-refractivity contribution in [2.75, 3.05) is 0 Å². The summed E-state index contributed by atoms with van der Waals surface area (Å²) in [6.45, 7) is 0. The molecule has 11 aromatic carbocycles. The van der Waals surface area contributed by atoms with Crippen molar-refractivity contribution >= 4 is 43.1 Å². The topological polar surface area (TPSA) is 0 Å². The summed E-state index contributed by atoms with van der Waals surface area (Å²) >= 11 is 0. The first-order chi connectivity index (χ1) is 29.3. The molecule has 0 N–H and O–H groups in total. The highest BCUT2D eigenvalue weighted by molar-refractivity contribution is 6.23. The minimum Gasteiger partial charge on any atom is -0.0622 e. The van der Waals surface area contributed by atoms with Gasteiger partial charge in [0.1, 0.15) is 0 Å². The third kappa shape index (κ3) is 5.03. The molecule has 0 saturated heterocycles. The van der Waals surface area contributed by atoms with E-state index < -0.39 is 5.41 Å². The Labute approximate surface area is 344 Å². The Morgan fingerprint density at radius 3 is 1.15 bits per heavy atom. The summed E-state index contributed by atoms with van der Waals surface area (Å²) in [7, 11) is 0. The van der Waals surface area contributed by atoms with E-state index in [-0.39, 0.29) is 0 Å². The van der Waals surface area contributed by atoms with Crippen molar-refractivity contribution in [3.8, 4) is 44.5 Å². The Kier molecular flexibility index (Phi) is 7.55. The largest absolute Gasteiger partial charge is 0.0714 e. The fraction of sp³-hybridized carbons (Fsp3) is 0.0169. The molecule has 0 saturated carbocycles. The normalized spacial score (nSPS) is 12.9. The molecule has 0 unspecified atom stereocenters. The van der Waals surface area contributed by atoms with Gasteiger partial charge >= 0.3 is 0 Å². The van der Waals surface area contributed by atoms with Gasteiger partial charge in [0, 0.05) is 0 Å². The highest BCUT2D eigenvalue weighted by Crippen LogP contribution is 2.57. The zero-order valence-corrected chi connectivity index (χ0v) is 32.4. The van der Waals surface area contributed by atoms with E-state index in [2.05, 4.69) is 231 Å². The second kappa shape index (κ2) is 13.3. The summed E-state index contributed by atoms with van der Waals surface area (Å²) in [6.07, 6.45) is 0. The Morgan fingerprint density at radius 1 is 0.237 bits per heavy atom. The zero-order chi connectivity index (χ0) is 38.9. The van der Waals surface area contributed by atoms with Gasteiger partial charge in [0.15, 0.2) is 0 Å². The summed E-state index contributed by atoms with van der Waals surface area (Å²) in [4.78, 5) is 0. The molecule has 0 heteroatoms. The number of fused-ring (bicyclic) bond motifs is 2. The van der Waals surface area contributed by atoms with E-state index in [4.69, 9.17) is 0 Å². The fourth-order valence-corrected chi connectivity index (χ4v) is 10.4. The van der Waals surface area contributed by atoms with Gasteiger partial charge in [0.2, 0.25) is 0 Å². The standard InChI is InChI=1S/C59H38/c1-5-18-39(19-6-1)43-35-44(40-20-7-2-8-21-40)37-45(36-43)55-49-27-13-15-29-51(49)56(52-30-16-14-28-50(52)55)46-34-42-33-32-41-22-17-31-53-57(41)58(42)54(38-46)59(53,47-23-9-3-10-24-47)48-25-11-4-12-26-48/h1-38H. The van der Waals surface area contributed by atoms with Crippen molar-refractivity contribution in [3.63, 3.8) is 0 Å². The molecule has 0 amide bonds. The lowest BCUT2D eigenvalue weighted by atomic mass is 9.67. The summed E-state index contributed by atoms with van der Waals surface area (Å²) in [6, 6.07) is 85.7. The van der Waals surface area contributed by atoms with E-state index in [9.17, 15) is 0 Å². The average molecular weight is 747 g/mol. The van der Waals surface area contributed by atoms with Crippen LogP contribution in [0.5, 0.6) is 0 Å². The third-order valence-corrected chi connectivity index (χ3v) is 12.8. The van der Waals surface area contributed by atoms with Crippen LogP contribution in [0.4, 0.5) is 0 Å². The number of hydrogen-bond donors (Lipinski definition) is 0. The third-order valence-electron chi connectivity index (χ3n) is 12.8. The molecule has 0 atom stereocenters. The molecular formula is C59H38. The van der Waals surface area contributed by atoms with Gasteiger partial charge < -0.3 is 0 Å². The Bertz CT molecular complexity index is 3250. The molecular weight excluding hydrogens is 709 g/mol. The minimum atomic E-state index is -0.489. The van der Waals surface area contributed by atoms with Crippen molar-refractivity contribution in [2.24, 2.45) is 0 Å². The quantitative estimate of drug-likeness (QED) is 0.117. The first kappa shape index (κ1) is 33.6. The number of benzene rings is 11. The maximum atomic E-state index is 2.54. The van der Waals surface area contributed by atoms with Crippen LogP contribution in [0.25, 0.3) is 87.6 Å². The summed E-state index contributed by atoms with van der Waals surface area (Å²) in [5.41, 5.74) is 14.6. The molecule has 0 bridgehead atoms. The van der Waals surface area contributed by atoms with Crippen molar-refractivity contribution in [1.29, 1.82) is 0 Å². The lowest BCUT2D eigenvalue weighted by molar-refractivity contribution is 0.772. The van der Waals surface area contributed by atoms with E-state index in [1.807, 2.05) is 0 Å². The van der Waals surface area contributed by atoms with Gasteiger partial charge in [-0.3, -0.25) is 0 Å². The van der Waals surface area contributed by atoms with E-state index in [1.54, 1.807) is 0 Å². The predicted octanol–water partition coefficient (Wildman–Crippen LogP) is 15.7. The molecule has 0 spiro atoms. The minimum absolute atomic E-state index is 0.489. The SMILES string of the molecule is c1ccc(-c2cc(-c3ccccc3)cc(-c3c4ccccc4c(-c4cc5c6c(ccc7cccc(c76)C5(c5ccccc5)c5ccccc5)c4)c4ccccc34)c2)cc1. The maximum Gasteiger partial charge on any atom is 0.0714 e. The van der Waals surface area contributed by atoms with Crippen LogP contribution in [0.1, 0.15) is 22.3 Å². The van der Waals surface area contributed by atoms with Crippen molar-refractivity contribution < 1.29 is 0 Å². The molecule has 59 heavy (non-hydrogen) atoms. The van der Waals surface area contributed by atoms with Gasteiger partial charge in [-0.1, -0.05) is 200 Å². The number of hydrogen-bond acceptors (Lipinski definition) is 0. The van der Waals surface area contributed by atoms with Crippen molar-refractivity contribution in [3.05, 3.63) is 253 Å². The van der Waals surface area contributed by atoms with E-state index >= 15 is 0 Å². The molecule has 0 aliphatic heterocycles. The molecule has 1 aliphatic carbocycles. The van der Waals surface area contributed by atoms with Crippen LogP contribution in [0.3, 0.4) is 0 Å². The van der Waals surface area contributed by atoms with Gasteiger partial charge in [-0.15, -0.1) is 0 Å². The molecule has 0 aromatic heterocycles. The summed E-state index contributed by atoms with van der Waals surface area (Å²) in [5.74, 6) is 0. The van der Waals surface area contributed by atoms with Crippen LogP contribution in [0.15, 0.2) is 231 Å². The summed E-state index contributed by atoms with van der Waals surface area (Å²) < 4.78 is 0. The molecule has 0 nitrogen and oxygen atoms in total. The first-order valence-corrected chi connectivity index (χ1v) is 20.6. The average Bonchev–Trinajstić information content (AvgIpc) is 3.62. The highest BCUT2D eigenvalue weighted by atomic mass is 14.5. The van der Waals surface area contributed by atoms with Gasteiger partial charge in [-0.2, -0.15) is 0 Å².